The molecule has 1 atom stereocenters. The third-order valence-corrected chi connectivity index (χ3v) is 5.77. The van der Waals surface area contributed by atoms with Gasteiger partial charge in [-0.15, -0.1) is 0 Å². The molecule has 1 saturated carbocycles. The van der Waals surface area contributed by atoms with Crippen molar-refractivity contribution >= 4 is 10.0 Å². The highest BCUT2D eigenvalue weighted by atomic mass is 32.2. The summed E-state index contributed by atoms with van der Waals surface area (Å²) in [5.74, 6) is 0. The second-order valence-electron chi connectivity index (χ2n) is 6.14. The molecule has 2 aliphatic rings. The largest absolute Gasteiger partial charge is 0.363 e. The van der Waals surface area contributed by atoms with Crippen molar-refractivity contribution in [1.82, 2.24) is 19.9 Å². The molecule has 118 valence electrons. The van der Waals surface area contributed by atoms with Crippen molar-refractivity contribution in [1.29, 1.82) is 0 Å². The molecule has 3 rings (SSSR count). The standard InChI is InChI=1S/C14H24N4O2S/c1-18-6-2-3-13(18)9-17-21(19,20)14-7-12(16-10-14)8-15-11-4-5-11/h7,10-11,13,15-17H,2-6,8-9H2,1H3. The summed E-state index contributed by atoms with van der Waals surface area (Å²) < 4.78 is 27.3. The number of nitrogens with one attached hydrogen (secondary N) is 3. The van der Waals surface area contributed by atoms with Crippen LogP contribution in [-0.4, -0.2) is 50.5 Å². The Morgan fingerprint density at radius 3 is 2.86 bits per heavy atom. The smallest absolute Gasteiger partial charge is 0.242 e. The number of likely N-dealkylation sites (N-methyl/N-ethyl adjacent to an activating group) is 1. The first-order chi connectivity index (χ1) is 10.0. The van der Waals surface area contributed by atoms with Crippen LogP contribution in [0.25, 0.3) is 0 Å². The number of sulfonamides is 1. The lowest BCUT2D eigenvalue weighted by Gasteiger charge is -2.19. The predicted molar refractivity (Wildman–Crippen MR) is 81.5 cm³/mol. The monoisotopic (exact) mass is 312 g/mol. The number of hydrogen-bond donors (Lipinski definition) is 3. The van der Waals surface area contributed by atoms with Gasteiger partial charge >= 0.3 is 0 Å². The highest BCUT2D eigenvalue weighted by Crippen LogP contribution is 2.20. The zero-order chi connectivity index (χ0) is 14.9. The molecular formula is C14H24N4O2S. The fraction of sp³-hybridized carbons (Fsp3) is 0.714. The van der Waals surface area contributed by atoms with Crippen LogP contribution in [0.1, 0.15) is 31.4 Å². The molecular weight excluding hydrogens is 288 g/mol. The van der Waals surface area contributed by atoms with E-state index in [0.717, 1.165) is 25.1 Å². The minimum absolute atomic E-state index is 0.315. The van der Waals surface area contributed by atoms with Gasteiger partial charge in [0.1, 0.15) is 0 Å². The Morgan fingerprint density at radius 2 is 2.19 bits per heavy atom. The van der Waals surface area contributed by atoms with E-state index in [9.17, 15) is 8.42 Å². The Hall–Kier alpha value is -0.890. The summed E-state index contributed by atoms with van der Waals surface area (Å²) in [5.41, 5.74) is 0.917. The second kappa shape index (κ2) is 6.08. The second-order valence-corrected chi connectivity index (χ2v) is 7.91. The normalized spacial score (nSPS) is 23.8. The van der Waals surface area contributed by atoms with Crippen LogP contribution in [0.4, 0.5) is 0 Å². The number of hydrogen-bond acceptors (Lipinski definition) is 4. The number of H-pyrrole nitrogens is 1. The Labute approximate surface area is 126 Å². The van der Waals surface area contributed by atoms with Crippen LogP contribution < -0.4 is 10.0 Å². The van der Waals surface area contributed by atoms with Crippen LogP contribution >= 0.6 is 0 Å². The van der Waals surface area contributed by atoms with Gasteiger partial charge in [0.2, 0.25) is 10.0 Å². The molecule has 1 saturated heterocycles. The average molecular weight is 312 g/mol. The summed E-state index contributed by atoms with van der Waals surface area (Å²) in [6.45, 7) is 2.23. The summed E-state index contributed by atoms with van der Waals surface area (Å²) in [6.07, 6.45) is 6.22. The highest BCUT2D eigenvalue weighted by molar-refractivity contribution is 7.89. The zero-order valence-corrected chi connectivity index (χ0v) is 13.2. The van der Waals surface area contributed by atoms with Gasteiger partial charge in [0, 0.05) is 37.1 Å². The Kier molecular flexibility index (Phi) is 4.35. The van der Waals surface area contributed by atoms with Gasteiger partial charge in [0.25, 0.3) is 0 Å². The van der Waals surface area contributed by atoms with E-state index in [-0.39, 0.29) is 0 Å². The molecule has 0 radical (unpaired) electrons. The van der Waals surface area contributed by atoms with Gasteiger partial charge in [-0.25, -0.2) is 13.1 Å². The first-order valence-corrected chi connectivity index (χ1v) is 9.13. The molecule has 1 aromatic heterocycles. The van der Waals surface area contributed by atoms with E-state index < -0.39 is 10.0 Å². The number of rotatable bonds is 7. The molecule has 1 aliphatic heterocycles. The van der Waals surface area contributed by atoms with E-state index >= 15 is 0 Å². The maximum atomic E-state index is 12.3. The SMILES string of the molecule is CN1CCCC1CNS(=O)(=O)c1c[nH]c(CNC2CC2)c1. The molecule has 7 heteroatoms. The Morgan fingerprint density at radius 1 is 1.38 bits per heavy atom. The van der Waals surface area contributed by atoms with Crippen molar-refractivity contribution in [2.24, 2.45) is 0 Å². The van der Waals surface area contributed by atoms with E-state index in [1.54, 1.807) is 12.3 Å². The molecule has 0 aromatic carbocycles. The first-order valence-electron chi connectivity index (χ1n) is 7.65. The summed E-state index contributed by atoms with van der Waals surface area (Å²) in [7, 11) is -1.36. The van der Waals surface area contributed by atoms with Crippen molar-refractivity contribution in [2.45, 2.75) is 49.2 Å². The van der Waals surface area contributed by atoms with Gasteiger partial charge in [-0.1, -0.05) is 0 Å². The van der Waals surface area contributed by atoms with Crippen LogP contribution in [0.3, 0.4) is 0 Å². The van der Waals surface area contributed by atoms with E-state index in [4.69, 9.17) is 0 Å². The Bertz CT molecular complexity index is 580. The average Bonchev–Trinajstić information content (AvgIpc) is 2.98. The predicted octanol–water partition coefficient (Wildman–Crippen LogP) is 0.639. The van der Waals surface area contributed by atoms with Crippen LogP contribution in [0.15, 0.2) is 17.2 Å². The fourth-order valence-corrected chi connectivity index (χ4v) is 3.83. The molecule has 6 nitrogen and oxygen atoms in total. The van der Waals surface area contributed by atoms with Crippen molar-refractivity contribution < 1.29 is 8.42 Å². The van der Waals surface area contributed by atoms with Gasteiger partial charge < -0.3 is 15.2 Å². The van der Waals surface area contributed by atoms with Crippen molar-refractivity contribution in [2.75, 3.05) is 20.1 Å². The lowest BCUT2D eigenvalue weighted by Crippen LogP contribution is -2.38. The molecule has 3 N–H and O–H groups in total. The molecule has 1 unspecified atom stereocenters. The van der Waals surface area contributed by atoms with Crippen LogP contribution in [-0.2, 0) is 16.6 Å². The van der Waals surface area contributed by atoms with Gasteiger partial charge in [-0.05, 0) is 45.3 Å². The van der Waals surface area contributed by atoms with Crippen LogP contribution in [0.2, 0.25) is 0 Å². The minimum Gasteiger partial charge on any atom is -0.363 e. The topological polar surface area (TPSA) is 77.2 Å². The molecule has 0 spiro atoms. The molecule has 1 aromatic rings. The Balaban J connectivity index is 1.55. The summed E-state index contributed by atoms with van der Waals surface area (Å²) in [5, 5.41) is 3.37. The van der Waals surface area contributed by atoms with E-state index in [1.807, 2.05) is 7.05 Å². The number of aromatic nitrogens is 1. The van der Waals surface area contributed by atoms with E-state index in [0.29, 0.717) is 30.1 Å². The third-order valence-electron chi connectivity index (χ3n) is 4.37. The third kappa shape index (κ3) is 3.85. The summed E-state index contributed by atoms with van der Waals surface area (Å²) in [6, 6.07) is 2.65. The van der Waals surface area contributed by atoms with Crippen molar-refractivity contribution in [3.63, 3.8) is 0 Å². The van der Waals surface area contributed by atoms with Crippen LogP contribution in [0.5, 0.6) is 0 Å². The maximum Gasteiger partial charge on any atom is 0.242 e. The lowest BCUT2D eigenvalue weighted by atomic mass is 10.2. The molecule has 0 bridgehead atoms. The van der Waals surface area contributed by atoms with Crippen molar-refractivity contribution in [3.8, 4) is 0 Å². The maximum absolute atomic E-state index is 12.3. The molecule has 0 amide bonds. The van der Waals surface area contributed by atoms with Crippen LogP contribution in [0, 0.1) is 0 Å². The summed E-state index contributed by atoms with van der Waals surface area (Å²) in [4.78, 5) is 5.58. The van der Waals surface area contributed by atoms with Gasteiger partial charge in [0.15, 0.2) is 0 Å². The molecule has 2 heterocycles. The van der Waals surface area contributed by atoms with E-state index in [1.165, 1.54) is 12.8 Å². The summed E-state index contributed by atoms with van der Waals surface area (Å²) >= 11 is 0. The molecule has 1 aliphatic carbocycles. The zero-order valence-electron chi connectivity index (χ0n) is 12.4. The van der Waals surface area contributed by atoms with E-state index in [2.05, 4.69) is 19.9 Å². The first kappa shape index (κ1) is 15.0. The minimum atomic E-state index is -3.41. The fourth-order valence-electron chi connectivity index (χ4n) is 2.74. The highest BCUT2D eigenvalue weighted by Gasteiger charge is 2.24. The van der Waals surface area contributed by atoms with Gasteiger partial charge in [-0.2, -0.15) is 0 Å². The number of nitrogens with zero attached hydrogens (tertiary/aromatic N) is 1. The van der Waals surface area contributed by atoms with Gasteiger partial charge in [-0.3, -0.25) is 0 Å². The molecule has 21 heavy (non-hydrogen) atoms. The molecule has 2 fully saturated rings. The number of likely N-dealkylation sites (tertiary alicyclic amines) is 1. The van der Waals surface area contributed by atoms with Crippen molar-refractivity contribution in [3.05, 3.63) is 18.0 Å². The van der Waals surface area contributed by atoms with Gasteiger partial charge in [0.05, 0.1) is 4.90 Å². The number of aromatic amines is 1. The quantitative estimate of drug-likeness (QED) is 0.690. The lowest BCUT2D eigenvalue weighted by molar-refractivity contribution is 0.311.